The van der Waals surface area contributed by atoms with Crippen LogP contribution in [0.4, 0.5) is 0 Å². The van der Waals surface area contributed by atoms with Gasteiger partial charge in [-0.2, -0.15) is 0 Å². The van der Waals surface area contributed by atoms with Gasteiger partial charge in [0.25, 0.3) is 5.91 Å². The van der Waals surface area contributed by atoms with Crippen LogP contribution in [-0.4, -0.2) is 37.9 Å². The van der Waals surface area contributed by atoms with Crippen molar-refractivity contribution in [2.45, 2.75) is 37.8 Å². The molecule has 1 heterocycles. The van der Waals surface area contributed by atoms with E-state index in [1.807, 2.05) is 30.3 Å². The summed E-state index contributed by atoms with van der Waals surface area (Å²) in [5.74, 6) is -0.216. The number of amides is 1. The van der Waals surface area contributed by atoms with Crippen LogP contribution in [0.3, 0.4) is 0 Å². The summed E-state index contributed by atoms with van der Waals surface area (Å²) in [7, 11) is 0. The van der Waals surface area contributed by atoms with Crippen molar-refractivity contribution in [3.63, 3.8) is 0 Å². The number of carbonyl (C=O) groups excluding carboxylic acids is 1. The zero-order chi connectivity index (χ0) is 14.7. The monoisotopic (exact) mass is 286 g/mol. The van der Waals surface area contributed by atoms with Crippen LogP contribution >= 0.6 is 0 Å². The molecule has 6 nitrogen and oxygen atoms in total. The molecular weight excluding hydrogens is 268 g/mol. The number of para-hydroxylation sites is 1. The predicted octanol–water partition coefficient (Wildman–Crippen LogP) is 1.30. The molecule has 21 heavy (non-hydrogen) atoms. The van der Waals surface area contributed by atoms with Crippen molar-refractivity contribution in [1.82, 2.24) is 20.1 Å². The second-order valence-electron chi connectivity index (χ2n) is 5.28. The van der Waals surface area contributed by atoms with E-state index in [-0.39, 0.29) is 17.8 Å². The summed E-state index contributed by atoms with van der Waals surface area (Å²) >= 11 is 0. The van der Waals surface area contributed by atoms with Crippen molar-refractivity contribution in [2.24, 2.45) is 0 Å². The lowest BCUT2D eigenvalue weighted by atomic mass is 9.92. The molecule has 2 N–H and O–H groups in total. The van der Waals surface area contributed by atoms with Gasteiger partial charge in [0.05, 0.1) is 17.8 Å². The molecule has 1 aliphatic carbocycles. The highest BCUT2D eigenvalue weighted by molar-refractivity contribution is 5.90. The summed E-state index contributed by atoms with van der Waals surface area (Å²) in [5.41, 5.74) is 0.849. The van der Waals surface area contributed by atoms with Crippen molar-refractivity contribution in [3.8, 4) is 5.69 Å². The minimum atomic E-state index is -0.473. The number of carbonyl (C=O) groups is 1. The first kappa shape index (κ1) is 13.8. The van der Waals surface area contributed by atoms with Gasteiger partial charge in [0.2, 0.25) is 5.82 Å². The molecule has 0 saturated heterocycles. The summed E-state index contributed by atoms with van der Waals surface area (Å²) in [6.45, 7) is 0. The molecule has 1 aliphatic rings. The quantitative estimate of drug-likeness (QED) is 0.891. The van der Waals surface area contributed by atoms with Crippen LogP contribution in [0.2, 0.25) is 0 Å². The molecule has 1 amide bonds. The fraction of sp³-hybridized carbons (Fsp3) is 0.400. The number of hydrogen-bond donors (Lipinski definition) is 2. The maximum absolute atomic E-state index is 12.1. The molecule has 0 radical (unpaired) electrons. The predicted molar refractivity (Wildman–Crippen MR) is 77.1 cm³/mol. The molecule has 1 aromatic carbocycles. The molecule has 3 rings (SSSR count). The Balaban J connectivity index is 1.69. The summed E-state index contributed by atoms with van der Waals surface area (Å²) in [5, 5.41) is 16.9. The Bertz CT molecular complexity index is 611. The Hall–Kier alpha value is -2.21. The van der Waals surface area contributed by atoms with Gasteiger partial charge in [0, 0.05) is 0 Å². The second kappa shape index (κ2) is 6.05. The maximum atomic E-state index is 12.1. The van der Waals surface area contributed by atoms with Gasteiger partial charge < -0.3 is 10.4 Å². The van der Waals surface area contributed by atoms with E-state index in [9.17, 15) is 9.90 Å². The molecule has 0 spiro atoms. The number of aliphatic hydroxyl groups excluding tert-OH is 1. The zero-order valence-electron chi connectivity index (χ0n) is 11.6. The fourth-order valence-corrected chi connectivity index (χ4v) is 2.58. The van der Waals surface area contributed by atoms with E-state index < -0.39 is 6.10 Å². The summed E-state index contributed by atoms with van der Waals surface area (Å²) in [6, 6.07) is 9.29. The van der Waals surface area contributed by atoms with Gasteiger partial charge in [-0.05, 0) is 25.0 Å². The summed E-state index contributed by atoms with van der Waals surface area (Å²) in [6.07, 6.45) is 4.60. The van der Waals surface area contributed by atoms with Gasteiger partial charge in [-0.1, -0.05) is 31.0 Å². The largest absolute Gasteiger partial charge is 0.391 e. The van der Waals surface area contributed by atoms with E-state index >= 15 is 0 Å². The van der Waals surface area contributed by atoms with Crippen LogP contribution in [0.15, 0.2) is 36.7 Å². The van der Waals surface area contributed by atoms with Gasteiger partial charge in [-0.25, -0.2) is 9.67 Å². The zero-order valence-corrected chi connectivity index (χ0v) is 11.6. The first-order valence-corrected chi connectivity index (χ1v) is 7.20. The normalized spacial score (nSPS) is 22.0. The van der Waals surface area contributed by atoms with Crippen molar-refractivity contribution in [2.75, 3.05) is 0 Å². The number of aromatic nitrogens is 3. The SMILES string of the molecule is O=C(NC1CCCCC1O)c1ncn(-c2ccccc2)n1. The van der Waals surface area contributed by atoms with Crippen molar-refractivity contribution in [1.29, 1.82) is 0 Å². The number of aliphatic hydroxyl groups is 1. The van der Waals surface area contributed by atoms with E-state index in [4.69, 9.17) is 0 Å². The minimum Gasteiger partial charge on any atom is -0.391 e. The molecule has 0 bridgehead atoms. The molecule has 6 heteroatoms. The number of hydrogen-bond acceptors (Lipinski definition) is 4. The highest BCUT2D eigenvalue weighted by atomic mass is 16.3. The van der Waals surface area contributed by atoms with Crippen LogP contribution in [0.5, 0.6) is 0 Å². The topological polar surface area (TPSA) is 80.0 Å². The van der Waals surface area contributed by atoms with Crippen LogP contribution in [0.25, 0.3) is 5.69 Å². The number of benzene rings is 1. The first-order chi connectivity index (χ1) is 10.2. The minimum absolute atomic E-state index is 0.122. The Labute approximate surface area is 122 Å². The van der Waals surface area contributed by atoms with E-state index in [2.05, 4.69) is 15.4 Å². The Morgan fingerprint density at radius 1 is 1.24 bits per heavy atom. The fourth-order valence-electron chi connectivity index (χ4n) is 2.58. The van der Waals surface area contributed by atoms with Gasteiger partial charge in [0.15, 0.2) is 0 Å². The lowest BCUT2D eigenvalue weighted by Gasteiger charge is -2.27. The highest BCUT2D eigenvalue weighted by Gasteiger charge is 2.26. The molecule has 1 fully saturated rings. The molecule has 2 unspecified atom stereocenters. The number of nitrogens with zero attached hydrogens (tertiary/aromatic N) is 3. The third kappa shape index (κ3) is 3.11. The third-order valence-electron chi connectivity index (χ3n) is 3.76. The highest BCUT2D eigenvalue weighted by Crippen LogP contribution is 2.18. The lowest BCUT2D eigenvalue weighted by Crippen LogP contribution is -2.45. The van der Waals surface area contributed by atoms with Crippen LogP contribution in [0.1, 0.15) is 36.3 Å². The molecule has 2 atom stereocenters. The van der Waals surface area contributed by atoms with Crippen molar-refractivity contribution in [3.05, 3.63) is 42.5 Å². The molecular formula is C15H18N4O2. The Morgan fingerprint density at radius 3 is 2.76 bits per heavy atom. The third-order valence-corrected chi connectivity index (χ3v) is 3.76. The Morgan fingerprint density at radius 2 is 2.00 bits per heavy atom. The van der Waals surface area contributed by atoms with Crippen molar-refractivity contribution < 1.29 is 9.90 Å². The summed E-state index contributed by atoms with van der Waals surface area (Å²) in [4.78, 5) is 16.2. The van der Waals surface area contributed by atoms with Crippen molar-refractivity contribution >= 4 is 5.91 Å². The first-order valence-electron chi connectivity index (χ1n) is 7.20. The number of rotatable bonds is 3. The van der Waals surface area contributed by atoms with Gasteiger partial charge in [0.1, 0.15) is 6.33 Å². The maximum Gasteiger partial charge on any atom is 0.291 e. The van der Waals surface area contributed by atoms with Crippen LogP contribution < -0.4 is 5.32 Å². The van der Waals surface area contributed by atoms with Crippen LogP contribution in [0, 0.1) is 0 Å². The Kier molecular flexibility index (Phi) is 3.96. The van der Waals surface area contributed by atoms with Gasteiger partial charge >= 0.3 is 0 Å². The average molecular weight is 286 g/mol. The van der Waals surface area contributed by atoms with E-state index in [0.717, 1.165) is 31.4 Å². The smallest absolute Gasteiger partial charge is 0.291 e. The molecule has 2 aromatic rings. The lowest BCUT2D eigenvalue weighted by molar-refractivity contribution is 0.0710. The van der Waals surface area contributed by atoms with Gasteiger partial charge in [-0.15, -0.1) is 5.10 Å². The average Bonchev–Trinajstić information content (AvgIpc) is 3.00. The van der Waals surface area contributed by atoms with Gasteiger partial charge in [-0.3, -0.25) is 4.79 Å². The molecule has 110 valence electrons. The van der Waals surface area contributed by atoms with E-state index in [0.29, 0.717) is 0 Å². The molecule has 1 saturated carbocycles. The van der Waals surface area contributed by atoms with Crippen LogP contribution in [-0.2, 0) is 0 Å². The van der Waals surface area contributed by atoms with E-state index in [1.54, 1.807) is 4.68 Å². The standard InChI is InChI=1S/C15H18N4O2/c20-13-9-5-4-8-12(13)17-15(21)14-16-10-19(18-14)11-6-2-1-3-7-11/h1-3,6-7,10,12-13,20H,4-5,8-9H2,(H,17,21). The summed E-state index contributed by atoms with van der Waals surface area (Å²) < 4.78 is 1.56. The molecule has 1 aromatic heterocycles. The molecule has 0 aliphatic heterocycles. The van der Waals surface area contributed by atoms with E-state index in [1.165, 1.54) is 6.33 Å². The second-order valence-corrected chi connectivity index (χ2v) is 5.28. The number of nitrogens with one attached hydrogen (secondary N) is 1.